The highest BCUT2D eigenvalue weighted by molar-refractivity contribution is 7.14. The third kappa shape index (κ3) is 3.33. The average molecular weight is 381 g/mol. The van der Waals surface area contributed by atoms with E-state index < -0.39 is 0 Å². The van der Waals surface area contributed by atoms with Crippen LogP contribution in [0, 0.1) is 24.6 Å². The van der Waals surface area contributed by atoms with Crippen molar-refractivity contribution in [2.45, 2.75) is 25.8 Å². The number of nitrogens with two attached hydrogens (primary N) is 1. The molecule has 134 valence electrons. The van der Waals surface area contributed by atoms with Crippen molar-refractivity contribution in [3.63, 3.8) is 0 Å². The minimum Gasteiger partial charge on any atom is -0.337 e. The van der Waals surface area contributed by atoms with Crippen LogP contribution in [0.2, 0.25) is 0 Å². The maximum atomic E-state index is 13.1. The number of carbonyl (C=O) groups is 1. The van der Waals surface area contributed by atoms with Gasteiger partial charge in [0.1, 0.15) is 5.82 Å². The van der Waals surface area contributed by atoms with Gasteiger partial charge in [-0.15, -0.1) is 23.7 Å². The summed E-state index contributed by atoms with van der Waals surface area (Å²) in [6.45, 7) is 3.63. The van der Waals surface area contributed by atoms with Gasteiger partial charge in [0.05, 0.1) is 4.88 Å². The topological polar surface area (TPSA) is 46.3 Å². The van der Waals surface area contributed by atoms with Crippen LogP contribution in [-0.4, -0.2) is 29.9 Å². The van der Waals surface area contributed by atoms with Crippen molar-refractivity contribution in [1.29, 1.82) is 0 Å². The van der Waals surface area contributed by atoms with Crippen LogP contribution in [0.5, 0.6) is 0 Å². The molecule has 1 saturated carbocycles. The van der Waals surface area contributed by atoms with Crippen molar-refractivity contribution in [2.75, 3.05) is 13.1 Å². The zero-order chi connectivity index (χ0) is 16.8. The number of rotatable bonds is 2. The minimum absolute atomic E-state index is 0. The van der Waals surface area contributed by atoms with Crippen LogP contribution in [-0.2, 0) is 0 Å². The molecule has 4 rings (SSSR count). The summed E-state index contributed by atoms with van der Waals surface area (Å²) in [6, 6.07) is 8.63. The molecule has 2 fully saturated rings. The monoisotopic (exact) mass is 380 g/mol. The maximum Gasteiger partial charge on any atom is 0.263 e. The van der Waals surface area contributed by atoms with Gasteiger partial charge in [-0.25, -0.2) is 4.39 Å². The predicted molar refractivity (Wildman–Crippen MR) is 102 cm³/mol. The Balaban J connectivity index is 0.00000182. The molecule has 0 radical (unpaired) electrons. The first-order valence-corrected chi connectivity index (χ1v) is 9.26. The Morgan fingerprint density at radius 1 is 1.24 bits per heavy atom. The van der Waals surface area contributed by atoms with Crippen molar-refractivity contribution in [3.05, 3.63) is 45.9 Å². The second-order valence-electron chi connectivity index (χ2n) is 6.96. The van der Waals surface area contributed by atoms with Crippen LogP contribution in [0.25, 0.3) is 11.1 Å². The van der Waals surface area contributed by atoms with E-state index >= 15 is 0 Å². The maximum absolute atomic E-state index is 13.1. The number of carbonyl (C=O) groups excluding carboxylic acids is 1. The quantitative estimate of drug-likeness (QED) is 0.852. The fourth-order valence-electron chi connectivity index (χ4n) is 4.13. The Morgan fingerprint density at radius 3 is 2.64 bits per heavy atom. The first-order valence-electron chi connectivity index (χ1n) is 8.44. The zero-order valence-electron chi connectivity index (χ0n) is 14.1. The number of aryl methyl sites for hydroxylation is 1. The number of hydrogen-bond acceptors (Lipinski definition) is 3. The van der Waals surface area contributed by atoms with Gasteiger partial charge >= 0.3 is 0 Å². The zero-order valence-corrected chi connectivity index (χ0v) is 15.7. The minimum atomic E-state index is -0.247. The molecule has 1 aliphatic carbocycles. The number of halogens is 2. The van der Waals surface area contributed by atoms with Crippen LogP contribution in [0.15, 0.2) is 30.3 Å². The first-order chi connectivity index (χ1) is 11.5. The molecule has 1 aromatic carbocycles. The molecule has 2 aromatic rings. The van der Waals surface area contributed by atoms with E-state index in [0.29, 0.717) is 11.8 Å². The molecule has 2 N–H and O–H groups in total. The normalized spacial score (nSPS) is 24.9. The molecule has 0 bridgehead atoms. The second-order valence-corrected chi connectivity index (χ2v) is 8.22. The lowest BCUT2D eigenvalue weighted by Crippen LogP contribution is -2.33. The van der Waals surface area contributed by atoms with Crippen LogP contribution in [0.3, 0.4) is 0 Å². The molecule has 2 heterocycles. The van der Waals surface area contributed by atoms with E-state index in [1.54, 1.807) is 12.1 Å². The summed E-state index contributed by atoms with van der Waals surface area (Å²) in [5, 5.41) is 0. The van der Waals surface area contributed by atoms with Crippen LogP contribution in [0.4, 0.5) is 4.39 Å². The van der Waals surface area contributed by atoms with Crippen molar-refractivity contribution in [2.24, 2.45) is 17.6 Å². The van der Waals surface area contributed by atoms with Gasteiger partial charge in [-0.3, -0.25) is 4.79 Å². The summed E-state index contributed by atoms with van der Waals surface area (Å²) in [7, 11) is 0. The van der Waals surface area contributed by atoms with Gasteiger partial charge in [-0.2, -0.15) is 0 Å². The number of likely N-dealkylation sites (tertiary alicyclic amines) is 1. The second kappa shape index (κ2) is 7.06. The molecule has 6 heteroatoms. The van der Waals surface area contributed by atoms with E-state index in [1.165, 1.54) is 23.5 Å². The fraction of sp³-hybridized carbons (Fsp3) is 0.421. The number of thiophene rings is 1. The fourth-order valence-corrected chi connectivity index (χ4v) is 5.14. The summed E-state index contributed by atoms with van der Waals surface area (Å²) in [6.07, 6.45) is 2.23. The number of benzene rings is 1. The Hall–Kier alpha value is -1.43. The molecular formula is C19H22ClFN2OS. The molecule has 1 amide bonds. The van der Waals surface area contributed by atoms with Gasteiger partial charge in [0.25, 0.3) is 5.91 Å². The highest BCUT2D eigenvalue weighted by Crippen LogP contribution is 2.39. The summed E-state index contributed by atoms with van der Waals surface area (Å²) < 4.78 is 13.1. The van der Waals surface area contributed by atoms with E-state index in [4.69, 9.17) is 5.73 Å². The van der Waals surface area contributed by atoms with E-state index in [0.717, 1.165) is 46.8 Å². The number of fused-ring (bicyclic) bond motifs is 1. The highest BCUT2D eigenvalue weighted by Gasteiger charge is 2.42. The number of amides is 1. The Kier molecular flexibility index (Phi) is 5.19. The lowest BCUT2D eigenvalue weighted by Gasteiger charge is -2.17. The summed E-state index contributed by atoms with van der Waals surface area (Å²) in [5.74, 6) is 0.897. The molecule has 3 atom stereocenters. The van der Waals surface area contributed by atoms with Gasteiger partial charge < -0.3 is 10.6 Å². The lowest BCUT2D eigenvalue weighted by atomic mass is 9.98. The smallest absolute Gasteiger partial charge is 0.263 e. The molecule has 2 aliphatic rings. The van der Waals surface area contributed by atoms with Gasteiger partial charge in [-0.05, 0) is 60.9 Å². The van der Waals surface area contributed by atoms with Crippen LogP contribution in [0.1, 0.15) is 27.4 Å². The standard InChI is InChI=1S/C19H21FN2OS.ClH/c1-11-15(12-2-5-14(20)6-3-12)8-18(24-11)19(23)22-9-13-4-7-17(21)16(13)10-22;/h2-3,5-6,8,13,16-17H,4,7,9-10,21H2,1H3;1H. The Bertz CT molecular complexity index is 776. The lowest BCUT2D eigenvalue weighted by molar-refractivity contribution is 0.0784. The highest BCUT2D eigenvalue weighted by atomic mass is 35.5. The third-order valence-corrected chi connectivity index (χ3v) is 6.52. The van der Waals surface area contributed by atoms with Crippen molar-refractivity contribution >= 4 is 29.7 Å². The largest absolute Gasteiger partial charge is 0.337 e. The van der Waals surface area contributed by atoms with Gasteiger partial charge in [-0.1, -0.05) is 12.1 Å². The van der Waals surface area contributed by atoms with E-state index in [-0.39, 0.29) is 30.2 Å². The first kappa shape index (κ1) is 18.4. The molecule has 25 heavy (non-hydrogen) atoms. The van der Waals surface area contributed by atoms with E-state index in [1.807, 2.05) is 17.9 Å². The molecule has 3 nitrogen and oxygen atoms in total. The summed E-state index contributed by atoms with van der Waals surface area (Å²) >= 11 is 1.52. The molecule has 3 unspecified atom stereocenters. The molecule has 1 aromatic heterocycles. The third-order valence-electron chi connectivity index (χ3n) is 5.48. The van der Waals surface area contributed by atoms with Crippen molar-refractivity contribution < 1.29 is 9.18 Å². The van der Waals surface area contributed by atoms with E-state index in [9.17, 15) is 9.18 Å². The average Bonchev–Trinajstić information content (AvgIpc) is 3.24. The van der Waals surface area contributed by atoms with Gasteiger partial charge in [0.2, 0.25) is 0 Å². The Morgan fingerprint density at radius 2 is 1.96 bits per heavy atom. The van der Waals surface area contributed by atoms with Crippen molar-refractivity contribution in [3.8, 4) is 11.1 Å². The summed E-state index contributed by atoms with van der Waals surface area (Å²) in [4.78, 5) is 16.7. The van der Waals surface area contributed by atoms with Crippen molar-refractivity contribution in [1.82, 2.24) is 4.90 Å². The SMILES string of the molecule is Cc1sc(C(=O)N2CC3CCC(N)C3C2)cc1-c1ccc(F)cc1.Cl. The molecule has 0 spiro atoms. The number of hydrogen-bond donors (Lipinski definition) is 1. The van der Waals surface area contributed by atoms with Gasteiger partial charge in [0, 0.05) is 24.0 Å². The molecular weight excluding hydrogens is 359 g/mol. The number of nitrogens with zero attached hydrogens (tertiary/aromatic N) is 1. The van der Waals surface area contributed by atoms with Gasteiger partial charge in [0.15, 0.2) is 0 Å². The molecule has 1 aliphatic heterocycles. The Labute approximate surface area is 157 Å². The van der Waals surface area contributed by atoms with Crippen LogP contribution >= 0.6 is 23.7 Å². The summed E-state index contributed by atoms with van der Waals surface area (Å²) in [5.41, 5.74) is 8.13. The van der Waals surface area contributed by atoms with Crippen LogP contribution < -0.4 is 5.73 Å². The predicted octanol–water partition coefficient (Wildman–Crippen LogP) is 4.09. The van der Waals surface area contributed by atoms with E-state index in [2.05, 4.69) is 0 Å². The molecule has 1 saturated heterocycles.